The van der Waals surface area contributed by atoms with Crippen LogP contribution in [0.1, 0.15) is 72.1 Å². The van der Waals surface area contributed by atoms with E-state index in [1.165, 1.54) is 19.3 Å². The molecule has 5 fully saturated rings. The van der Waals surface area contributed by atoms with E-state index in [9.17, 15) is 9.90 Å². The molecule has 5 rings (SSSR count). The average molecular weight is 377 g/mol. The van der Waals surface area contributed by atoms with Gasteiger partial charge in [-0.1, -0.05) is 13.8 Å². The van der Waals surface area contributed by atoms with Gasteiger partial charge in [-0.05, 0) is 80.0 Å². The molecule has 5 aliphatic rings. The molecule has 4 nitrogen and oxygen atoms in total. The molecule has 1 unspecified atom stereocenters. The minimum Gasteiger partial charge on any atom is -0.393 e. The summed E-state index contributed by atoms with van der Waals surface area (Å²) >= 11 is 0. The number of Topliss-reactive ketones (excluding diaryl/α,β-unsaturated/α-hetero) is 1. The van der Waals surface area contributed by atoms with Crippen molar-refractivity contribution < 1.29 is 19.4 Å². The molecule has 1 saturated heterocycles. The van der Waals surface area contributed by atoms with Crippen molar-refractivity contribution >= 4 is 5.78 Å². The lowest BCUT2D eigenvalue weighted by atomic mass is 9.43. The van der Waals surface area contributed by atoms with E-state index in [0.717, 1.165) is 45.3 Å². The summed E-state index contributed by atoms with van der Waals surface area (Å²) in [5.74, 6) is 2.28. The molecule has 27 heavy (non-hydrogen) atoms. The molecule has 0 amide bonds. The van der Waals surface area contributed by atoms with Crippen molar-refractivity contribution in [3.63, 3.8) is 0 Å². The number of aliphatic hydroxyl groups excluding tert-OH is 1. The zero-order valence-corrected chi connectivity index (χ0v) is 17.2. The van der Waals surface area contributed by atoms with Gasteiger partial charge in [0.2, 0.25) is 0 Å². The third-order valence-corrected chi connectivity index (χ3v) is 9.90. The van der Waals surface area contributed by atoms with E-state index < -0.39 is 0 Å². The van der Waals surface area contributed by atoms with Crippen molar-refractivity contribution in [1.29, 1.82) is 0 Å². The lowest BCUT2D eigenvalue weighted by molar-refractivity contribution is -0.242. The van der Waals surface area contributed by atoms with Crippen LogP contribution in [-0.4, -0.2) is 36.0 Å². The first-order chi connectivity index (χ1) is 12.8. The van der Waals surface area contributed by atoms with Crippen molar-refractivity contribution in [2.45, 2.75) is 84.0 Å². The molecule has 1 heterocycles. The van der Waals surface area contributed by atoms with E-state index in [2.05, 4.69) is 13.8 Å². The molecule has 0 aromatic rings. The second-order valence-corrected chi connectivity index (χ2v) is 10.9. The van der Waals surface area contributed by atoms with Gasteiger partial charge in [0.15, 0.2) is 5.79 Å². The van der Waals surface area contributed by atoms with Gasteiger partial charge in [0.25, 0.3) is 0 Å². The summed E-state index contributed by atoms with van der Waals surface area (Å²) in [6, 6.07) is 0. The average Bonchev–Trinajstić information content (AvgIpc) is 3.19. The molecule has 4 aliphatic carbocycles. The number of ether oxygens (including phenoxy) is 2. The summed E-state index contributed by atoms with van der Waals surface area (Å²) in [5.41, 5.74) is 0.182. The van der Waals surface area contributed by atoms with Gasteiger partial charge in [0, 0.05) is 18.8 Å². The Hall–Kier alpha value is -0.450. The topological polar surface area (TPSA) is 55.8 Å². The largest absolute Gasteiger partial charge is 0.393 e. The summed E-state index contributed by atoms with van der Waals surface area (Å²) in [7, 11) is 0. The second kappa shape index (κ2) is 6.03. The highest BCUT2D eigenvalue weighted by atomic mass is 16.7. The van der Waals surface area contributed by atoms with Crippen LogP contribution in [0.2, 0.25) is 0 Å². The molecule has 0 aromatic carbocycles. The van der Waals surface area contributed by atoms with Crippen LogP contribution in [-0.2, 0) is 14.3 Å². The highest BCUT2D eigenvalue weighted by Gasteiger charge is 2.65. The summed E-state index contributed by atoms with van der Waals surface area (Å²) < 4.78 is 12.1. The maximum Gasteiger partial charge on any atom is 0.168 e. The van der Waals surface area contributed by atoms with Gasteiger partial charge in [0.1, 0.15) is 5.78 Å². The predicted octanol–water partition coefficient (Wildman–Crippen LogP) is 3.95. The van der Waals surface area contributed by atoms with Gasteiger partial charge in [-0.25, -0.2) is 0 Å². The second-order valence-electron chi connectivity index (χ2n) is 10.9. The molecule has 1 spiro atoms. The maximum absolute atomic E-state index is 12.3. The zero-order valence-electron chi connectivity index (χ0n) is 17.2. The first-order valence-electron chi connectivity index (χ1n) is 11.3. The molecule has 0 aromatic heterocycles. The molecule has 0 radical (unpaired) electrons. The van der Waals surface area contributed by atoms with Gasteiger partial charge < -0.3 is 14.6 Å². The van der Waals surface area contributed by atoms with Gasteiger partial charge in [-0.15, -0.1) is 0 Å². The van der Waals surface area contributed by atoms with Crippen LogP contribution < -0.4 is 0 Å². The summed E-state index contributed by atoms with van der Waals surface area (Å²) in [6.45, 7) is 7.97. The number of hydrogen-bond donors (Lipinski definition) is 1. The Morgan fingerprint density at radius 3 is 2.41 bits per heavy atom. The van der Waals surface area contributed by atoms with E-state index in [0.29, 0.717) is 29.5 Å². The molecule has 1 N–H and O–H groups in total. The van der Waals surface area contributed by atoms with Crippen LogP contribution in [0.15, 0.2) is 0 Å². The highest BCUT2D eigenvalue weighted by Crippen LogP contribution is 2.68. The molecule has 4 heteroatoms. The minimum atomic E-state index is -0.335. The molecule has 1 aliphatic heterocycles. The number of rotatable bonds is 1. The Kier molecular flexibility index (Phi) is 4.14. The molecule has 8 atom stereocenters. The maximum atomic E-state index is 12.3. The smallest absolute Gasteiger partial charge is 0.168 e. The van der Waals surface area contributed by atoms with Crippen LogP contribution in [0.3, 0.4) is 0 Å². The van der Waals surface area contributed by atoms with Crippen molar-refractivity contribution in [3.8, 4) is 0 Å². The lowest BCUT2D eigenvalue weighted by Crippen LogP contribution is -2.60. The Labute approximate surface area is 163 Å². The highest BCUT2D eigenvalue weighted by molar-refractivity contribution is 5.79. The third kappa shape index (κ3) is 2.48. The van der Waals surface area contributed by atoms with E-state index >= 15 is 0 Å². The Morgan fingerprint density at radius 2 is 1.70 bits per heavy atom. The van der Waals surface area contributed by atoms with Crippen LogP contribution in [0.4, 0.5) is 0 Å². The Morgan fingerprint density at radius 1 is 0.963 bits per heavy atom. The lowest BCUT2D eigenvalue weighted by Gasteiger charge is -2.63. The van der Waals surface area contributed by atoms with Gasteiger partial charge in [-0.2, -0.15) is 0 Å². The third-order valence-electron chi connectivity index (χ3n) is 9.90. The number of fused-ring (bicyclic) bond motifs is 5. The molecular formula is C23H36O4. The molecule has 4 saturated carbocycles. The SMILES string of the molecule is CC(=O)[C@H]1CC[C@H]2[C@@H]3CCC4CC5(CC[C@]4(C)[C@H]3[C@@H](O)C[C@]12C)OCCO5. The van der Waals surface area contributed by atoms with E-state index in [4.69, 9.17) is 9.47 Å². The fourth-order valence-corrected chi connectivity index (χ4v) is 8.75. The molecular weight excluding hydrogens is 340 g/mol. The first kappa shape index (κ1) is 18.6. The number of carbonyl (C=O) groups excluding carboxylic acids is 1. The quantitative estimate of drug-likeness (QED) is 0.753. The molecule has 0 bridgehead atoms. The predicted molar refractivity (Wildman–Crippen MR) is 102 cm³/mol. The van der Waals surface area contributed by atoms with Crippen LogP contribution in [0.25, 0.3) is 0 Å². The minimum absolute atomic E-state index is 0.00315. The van der Waals surface area contributed by atoms with E-state index in [-0.39, 0.29) is 28.6 Å². The summed E-state index contributed by atoms with van der Waals surface area (Å²) in [4.78, 5) is 12.3. The van der Waals surface area contributed by atoms with Crippen LogP contribution in [0, 0.1) is 40.4 Å². The van der Waals surface area contributed by atoms with Crippen molar-refractivity contribution in [3.05, 3.63) is 0 Å². The number of ketones is 1. The van der Waals surface area contributed by atoms with Gasteiger partial charge >= 0.3 is 0 Å². The first-order valence-corrected chi connectivity index (χ1v) is 11.3. The number of carbonyl (C=O) groups is 1. The van der Waals surface area contributed by atoms with E-state index in [1.54, 1.807) is 6.92 Å². The van der Waals surface area contributed by atoms with Crippen LogP contribution >= 0.6 is 0 Å². The molecule has 152 valence electrons. The standard InChI is InChI=1S/C23H36O4/c1-14(24)17-6-7-18-16-5-4-15-12-23(26-10-11-27-23)9-8-21(15,2)20(16)19(25)13-22(17,18)3/h15-20,25H,4-13H2,1-3H3/t15?,16-,17+,18-,19-,20+,21-,22+/m0/s1. The van der Waals surface area contributed by atoms with Crippen molar-refractivity contribution in [2.24, 2.45) is 40.4 Å². The fourth-order valence-electron chi connectivity index (χ4n) is 8.75. The Bertz CT molecular complexity index is 626. The van der Waals surface area contributed by atoms with Gasteiger partial charge in [0.05, 0.1) is 19.3 Å². The fraction of sp³-hybridized carbons (Fsp3) is 0.957. The van der Waals surface area contributed by atoms with Crippen molar-refractivity contribution in [2.75, 3.05) is 13.2 Å². The Balaban J connectivity index is 1.44. The summed E-state index contributed by atoms with van der Waals surface area (Å²) in [5, 5.41) is 11.4. The van der Waals surface area contributed by atoms with Crippen LogP contribution in [0.5, 0.6) is 0 Å². The zero-order chi connectivity index (χ0) is 19.0. The van der Waals surface area contributed by atoms with Gasteiger partial charge in [-0.3, -0.25) is 4.79 Å². The normalized spacial score (nSPS) is 53.6. The van der Waals surface area contributed by atoms with E-state index in [1.807, 2.05) is 0 Å². The number of aliphatic hydroxyl groups is 1. The summed E-state index contributed by atoms with van der Waals surface area (Å²) in [6.07, 6.45) is 8.20. The van der Waals surface area contributed by atoms with Crippen molar-refractivity contribution in [1.82, 2.24) is 0 Å². The number of hydrogen-bond acceptors (Lipinski definition) is 4. The monoisotopic (exact) mass is 376 g/mol.